The highest BCUT2D eigenvalue weighted by Crippen LogP contribution is 2.33. The van der Waals surface area contributed by atoms with E-state index in [-0.39, 0.29) is 14.8 Å². The summed E-state index contributed by atoms with van der Waals surface area (Å²) in [5, 5.41) is 13.8. The summed E-state index contributed by atoms with van der Waals surface area (Å²) >= 11 is 7.41. The summed E-state index contributed by atoms with van der Waals surface area (Å²) in [4.78, 5) is -0.249. The number of halogens is 1. The second kappa shape index (κ2) is 10.1. The molecule has 0 aliphatic carbocycles. The molecule has 3 aromatic carbocycles. The van der Waals surface area contributed by atoms with Gasteiger partial charge in [0.15, 0.2) is 4.91 Å². The maximum atomic E-state index is 13.3. The zero-order valence-electron chi connectivity index (χ0n) is 17.1. The summed E-state index contributed by atoms with van der Waals surface area (Å²) in [5.74, 6) is 0.499. The van der Waals surface area contributed by atoms with Crippen LogP contribution in [0.15, 0.2) is 87.6 Å². The van der Waals surface area contributed by atoms with E-state index in [9.17, 15) is 13.7 Å². The third-order valence-electron chi connectivity index (χ3n) is 4.54. The molecule has 0 atom stereocenters. The van der Waals surface area contributed by atoms with Gasteiger partial charge in [-0.3, -0.25) is 0 Å². The third kappa shape index (κ3) is 5.71. The van der Waals surface area contributed by atoms with Crippen molar-refractivity contribution < 1.29 is 8.42 Å². The molecule has 0 aromatic heterocycles. The molecule has 0 aliphatic heterocycles. The molecule has 0 bridgehead atoms. The Morgan fingerprint density at radius 3 is 2.45 bits per heavy atom. The highest BCUT2D eigenvalue weighted by atomic mass is 35.5. The number of rotatable bonds is 7. The lowest BCUT2D eigenvalue weighted by Gasteiger charge is -2.16. The van der Waals surface area contributed by atoms with Crippen molar-refractivity contribution in [3.8, 4) is 6.07 Å². The number of nitriles is 1. The summed E-state index contributed by atoms with van der Waals surface area (Å²) in [7, 11) is -4.00. The van der Waals surface area contributed by atoms with Crippen molar-refractivity contribution in [2.24, 2.45) is 0 Å². The van der Waals surface area contributed by atoms with Crippen LogP contribution in [-0.4, -0.2) is 8.42 Å². The Hall–Kier alpha value is -2.72. The van der Waals surface area contributed by atoms with Gasteiger partial charge in [-0.25, -0.2) is 8.42 Å². The molecule has 0 saturated carbocycles. The van der Waals surface area contributed by atoms with Gasteiger partial charge in [0.05, 0.1) is 4.90 Å². The number of anilines is 1. The van der Waals surface area contributed by atoms with Crippen molar-refractivity contribution in [3.63, 3.8) is 0 Å². The largest absolute Gasteiger partial charge is 0.348 e. The second-order valence-electron chi connectivity index (χ2n) is 6.95. The zero-order chi connectivity index (χ0) is 22.4. The predicted molar refractivity (Wildman–Crippen MR) is 129 cm³/mol. The normalized spacial score (nSPS) is 12.1. The minimum atomic E-state index is -4.00. The van der Waals surface area contributed by atoms with Gasteiger partial charge in [0.1, 0.15) is 11.1 Å². The van der Waals surface area contributed by atoms with Crippen molar-refractivity contribution in [2.75, 3.05) is 5.32 Å². The number of hydrogen-bond donors (Lipinski definition) is 1. The first kappa shape index (κ1) is 23.0. The quantitative estimate of drug-likeness (QED) is 0.402. The first-order valence-corrected chi connectivity index (χ1v) is 12.3. The van der Waals surface area contributed by atoms with Gasteiger partial charge >= 0.3 is 0 Å². The number of hydrogen-bond acceptors (Lipinski definition) is 5. The molecule has 0 unspecified atom stereocenters. The van der Waals surface area contributed by atoms with Crippen LogP contribution < -0.4 is 5.32 Å². The number of allylic oxidation sites excluding steroid dienone is 1. The van der Waals surface area contributed by atoms with Crippen molar-refractivity contribution in [3.05, 3.63) is 104 Å². The number of sulfone groups is 1. The van der Waals surface area contributed by atoms with Crippen LogP contribution in [0.3, 0.4) is 0 Å². The molecule has 0 fully saturated rings. The molecule has 0 spiro atoms. The molecule has 7 heteroatoms. The number of benzene rings is 3. The summed E-state index contributed by atoms with van der Waals surface area (Å²) in [6.07, 6.45) is 0. The fraction of sp³-hybridized carbons (Fsp3) is 0.125. The van der Waals surface area contributed by atoms with E-state index in [0.29, 0.717) is 16.5 Å². The summed E-state index contributed by atoms with van der Waals surface area (Å²) in [6, 6.07) is 23.2. The topological polar surface area (TPSA) is 70.0 Å². The average Bonchev–Trinajstić information content (AvgIpc) is 2.75. The summed E-state index contributed by atoms with van der Waals surface area (Å²) < 4.78 is 26.5. The molecule has 0 amide bonds. The van der Waals surface area contributed by atoms with Crippen molar-refractivity contribution in [2.45, 2.75) is 24.5 Å². The molecule has 0 aliphatic rings. The van der Waals surface area contributed by atoms with E-state index >= 15 is 0 Å². The number of thioether (sulfide) groups is 1. The minimum Gasteiger partial charge on any atom is -0.348 e. The van der Waals surface area contributed by atoms with Gasteiger partial charge in [-0.15, -0.1) is 11.8 Å². The summed E-state index contributed by atoms with van der Waals surface area (Å²) in [5.41, 5.74) is 3.67. The Morgan fingerprint density at radius 1 is 1.03 bits per heavy atom. The van der Waals surface area contributed by atoms with Crippen LogP contribution >= 0.6 is 23.4 Å². The lowest BCUT2D eigenvalue weighted by Crippen LogP contribution is -2.10. The van der Waals surface area contributed by atoms with Crippen LogP contribution in [0.1, 0.15) is 16.7 Å². The van der Waals surface area contributed by atoms with E-state index in [1.54, 1.807) is 30.3 Å². The fourth-order valence-corrected chi connectivity index (χ4v) is 5.61. The van der Waals surface area contributed by atoms with E-state index in [1.165, 1.54) is 23.9 Å². The lowest BCUT2D eigenvalue weighted by molar-refractivity contribution is 0.603. The van der Waals surface area contributed by atoms with E-state index in [4.69, 9.17) is 11.6 Å². The van der Waals surface area contributed by atoms with E-state index in [0.717, 1.165) is 16.7 Å². The Morgan fingerprint density at radius 2 is 1.77 bits per heavy atom. The standard InChI is InChI=1S/C24H21ClN2O2S2/c1-17-7-6-8-19(13-17)16-30-24(27-22-14-20(25)12-11-18(22)2)23(15-26)31(28,29)21-9-4-3-5-10-21/h3-14,27H,16H2,1-2H3/b24-23+. The molecule has 0 heterocycles. The molecular weight excluding hydrogens is 448 g/mol. The molecule has 1 N–H and O–H groups in total. The zero-order valence-corrected chi connectivity index (χ0v) is 19.5. The van der Waals surface area contributed by atoms with Crippen molar-refractivity contribution >= 4 is 38.9 Å². The second-order valence-corrected chi connectivity index (χ2v) is 10.3. The lowest BCUT2D eigenvalue weighted by atomic mass is 10.2. The Bertz CT molecular complexity index is 1260. The number of nitrogens with zero attached hydrogens (tertiary/aromatic N) is 1. The van der Waals surface area contributed by atoms with E-state index in [1.807, 2.05) is 50.2 Å². The summed E-state index contributed by atoms with van der Waals surface area (Å²) in [6.45, 7) is 3.89. The van der Waals surface area contributed by atoms with Crippen molar-refractivity contribution in [1.29, 1.82) is 5.26 Å². The Balaban J connectivity index is 2.08. The van der Waals surface area contributed by atoms with E-state index in [2.05, 4.69) is 5.32 Å². The van der Waals surface area contributed by atoms with Crippen LogP contribution in [0.2, 0.25) is 5.02 Å². The fourth-order valence-electron chi connectivity index (χ4n) is 2.92. The molecule has 0 radical (unpaired) electrons. The molecule has 3 aromatic rings. The van der Waals surface area contributed by atoms with Crippen LogP contribution in [0, 0.1) is 25.2 Å². The van der Waals surface area contributed by atoms with Gasteiger partial charge in [0, 0.05) is 16.5 Å². The molecular formula is C24H21ClN2O2S2. The van der Waals surface area contributed by atoms with Gasteiger partial charge in [-0.05, 0) is 49.2 Å². The van der Waals surface area contributed by atoms with Crippen LogP contribution in [-0.2, 0) is 15.6 Å². The molecule has 31 heavy (non-hydrogen) atoms. The Kier molecular flexibility index (Phi) is 7.45. The van der Waals surface area contributed by atoms with Gasteiger partial charge in [-0.2, -0.15) is 5.26 Å². The molecule has 3 rings (SSSR count). The average molecular weight is 469 g/mol. The first-order valence-electron chi connectivity index (χ1n) is 9.47. The van der Waals surface area contributed by atoms with Gasteiger partial charge < -0.3 is 5.32 Å². The van der Waals surface area contributed by atoms with Gasteiger partial charge in [0.2, 0.25) is 9.84 Å². The van der Waals surface area contributed by atoms with Crippen molar-refractivity contribution in [1.82, 2.24) is 0 Å². The monoisotopic (exact) mass is 468 g/mol. The SMILES string of the molecule is Cc1cccc(CS/C(Nc2cc(Cl)ccc2C)=C(\C#N)S(=O)(=O)c2ccccc2)c1. The Labute approximate surface area is 192 Å². The van der Waals surface area contributed by atoms with Crippen LogP contribution in [0.25, 0.3) is 0 Å². The van der Waals surface area contributed by atoms with Crippen LogP contribution in [0.5, 0.6) is 0 Å². The highest BCUT2D eigenvalue weighted by molar-refractivity contribution is 8.04. The number of nitrogens with one attached hydrogen (secondary N) is 1. The molecule has 4 nitrogen and oxygen atoms in total. The minimum absolute atomic E-state index is 0.0739. The maximum absolute atomic E-state index is 13.3. The van der Waals surface area contributed by atoms with Gasteiger partial charge in [0.25, 0.3) is 0 Å². The van der Waals surface area contributed by atoms with Crippen LogP contribution in [0.4, 0.5) is 5.69 Å². The van der Waals surface area contributed by atoms with E-state index < -0.39 is 9.84 Å². The van der Waals surface area contributed by atoms with Gasteiger partial charge in [-0.1, -0.05) is 65.7 Å². The maximum Gasteiger partial charge on any atom is 0.219 e. The predicted octanol–water partition coefficient (Wildman–Crippen LogP) is 6.47. The third-order valence-corrected chi connectivity index (χ3v) is 7.71. The smallest absolute Gasteiger partial charge is 0.219 e. The highest BCUT2D eigenvalue weighted by Gasteiger charge is 2.25. The first-order chi connectivity index (χ1) is 14.8. The number of aryl methyl sites for hydroxylation is 2. The molecule has 0 saturated heterocycles. The molecule has 158 valence electrons.